The molecule has 0 aliphatic carbocycles. The van der Waals surface area contributed by atoms with Crippen molar-refractivity contribution in [2.24, 2.45) is 5.41 Å². The first kappa shape index (κ1) is 14.6. The maximum atomic E-state index is 13.3. The molecule has 1 N–H and O–H groups in total. The second kappa shape index (κ2) is 5.91. The third-order valence-electron chi connectivity index (χ3n) is 2.65. The molecule has 0 spiro atoms. The first-order valence-corrected chi connectivity index (χ1v) is 5.60. The van der Waals surface area contributed by atoms with Crippen LogP contribution in [0.15, 0.2) is 18.2 Å². The molecule has 0 bridgehead atoms. The first-order chi connectivity index (χ1) is 8.38. The van der Waals surface area contributed by atoms with Crippen LogP contribution in [0.2, 0.25) is 0 Å². The Morgan fingerprint density at radius 3 is 2.67 bits per heavy atom. The van der Waals surface area contributed by atoms with E-state index in [-0.39, 0.29) is 18.1 Å². The quantitative estimate of drug-likeness (QED) is 0.822. The average molecular weight is 257 g/mol. The molecular formula is C13H17F2NO2. The van der Waals surface area contributed by atoms with Gasteiger partial charge in [0.15, 0.2) is 11.6 Å². The summed E-state index contributed by atoms with van der Waals surface area (Å²) in [5.41, 5.74) is -0.478. The van der Waals surface area contributed by atoms with Crippen LogP contribution >= 0.6 is 0 Å². The van der Waals surface area contributed by atoms with E-state index in [0.29, 0.717) is 6.54 Å². The zero-order valence-electron chi connectivity index (χ0n) is 10.7. The minimum Gasteiger partial charge on any atom is -0.469 e. The molecule has 100 valence electrons. The lowest BCUT2D eigenvalue weighted by molar-refractivity contribution is -0.150. The number of halogens is 2. The Bertz CT molecular complexity index is 433. The molecule has 3 nitrogen and oxygen atoms in total. The van der Waals surface area contributed by atoms with Gasteiger partial charge in [-0.15, -0.1) is 0 Å². The van der Waals surface area contributed by atoms with E-state index >= 15 is 0 Å². The Balaban J connectivity index is 2.57. The lowest BCUT2D eigenvalue weighted by Crippen LogP contribution is -2.36. The molecule has 0 heterocycles. The number of hydrogen-bond donors (Lipinski definition) is 1. The largest absolute Gasteiger partial charge is 0.469 e. The number of methoxy groups -OCH3 is 1. The van der Waals surface area contributed by atoms with Gasteiger partial charge in [0, 0.05) is 18.7 Å². The van der Waals surface area contributed by atoms with Crippen molar-refractivity contribution in [3.8, 4) is 0 Å². The number of esters is 1. The molecule has 18 heavy (non-hydrogen) atoms. The first-order valence-electron chi connectivity index (χ1n) is 5.60. The molecule has 0 saturated carbocycles. The van der Waals surface area contributed by atoms with Crippen molar-refractivity contribution in [2.75, 3.05) is 13.7 Å². The molecule has 0 atom stereocenters. The van der Waals surface area contributed by atoms with Crippen molar-refractivity contribution in [1.29, 1.82) is 0 Å². The molecule has 5 heteroatoms. The number of nitrogens with one attached hydrogen (secondary N) is 1. The second-order valence-corrected chi connectivity index (χ2v) is 4.69. The molecule has 0 fully saturated rings. The van der Waals surface area contributed by atoms with Gasteiger partial charge in [-0.05, 0) is 19.9 Å². The van der Waals surface area contributed by atoms with Gasteiger partial charge in [0.2, 0.25) is 0 Å². The summed E-state index contributed by atoms with van der Waals surface area (Å²) in [4.78, 5) is 11.4. The number of hydrogen-bond acceptors (Lipinski definition) is 3. The van der Waals surface area contributed by atoms with Crippen LogP contribution in [0.4, 0.5) is 8.78 Å². The lowest BCUT2D eigenvalue weighted by atomic mass is 9.93. The number of rotatable bonds is 5. The third-order valence-corrected chi connectivity index (χ3v) is 2.65. The number of ether oxygens (including phenoxy) is 1. The van der Waals surface area contributed by atoms with Gasteiger partial charge in [0.25, 0.3) is 0 Å². The summed E-state index contributed by atoms with van der Waals surface area (Å²) < 4.78 is 30.9. The van der Waals surface area contributed by atoms with Gasteiger partial charge in [0.1, 0.15) is 0 Å². The second-order valence-electron chi connectivity index (χ2n) is 4.69. The summed E-state index contributed by atoms with van der Waals surface area (Å²) in [6.45, 7) is 3.90. The van der Waals surface area contributed by atoms with E-state index in [1.165, 1.54) is 19.2 Å². The molecule has 0 aromatic heterocycles. The molecular weight excluding hydrogens is 240 g/mol. The highest BCUT2D eigenvalue weighted by Crippen LogP contribution is 2.16. The monoisotopic (exact) mass is 257 g/mol. The van der Waals surface area contributed by atoms with E-state index in [9.17, 15) is 13.6 Å². The smallest absolute Gasteiger partial charge is 0.312 e. The molecule has 1 rings (SSSR count). The predicted octanol–water partition coefficient (Wildman–Crippen LogP) is 2.25. The maximum absolute atomic E-state index is 13.3. The van der Waals surface area contributed by atoms with Crippen LogP contribution in [0, 0.1) is 17.0 Å². The van der Waals surface area contributed by atoms with E-state index in [0.717, 1.165) is 6.07 Å². The Morgan fingerprint density at radius 1 is 1.39 bits per heavy atom. The fraction of sp³-hybridized carbons (Fsp3) is 0.462. The highest BCUT2D eigenvalue weighted by Gasteiger charge is 2.28. The van der Waals surface area contributed by atoms with Crippen molar-refractivity contribution in [1.82, 2.24) is 5.32 Å². The standard InChI is InChI=1S/C13H17F2NO2/c1-13(2,12(17)18-3)8-16-7-9-5-4-6-10(14)11(9)15/h4-6,16H,7-8H2,1-3H3. The Hall–Kier alpha value is -1.49. The van der Waals surface area contributed by atoms with Crippen LogP contribution < -0.4 is 5.32 Å². The Morgan fingerprint density at radius 2 is 2.06 bits per heavy atom. The minimum absolute atomic E-state index is 0.157. The molecule has 1 aromatic rings. The Labute approximate surface area is 105 Å². The molecule has 1 aromatic carbocycles. The van der Waals surface area contributed by atoms with Gasteiger partial charge < -0.3 is 10.1 Å². The van der Waals surface area contributed by atoms with Gasteiger partial charge >= 0.3 is 5.97 Å². The minimum atomic E-state index is -0.874. The lowest BCUT2D eigenvalue weighted by Gasteiger charge is -2.21. The van der Waals surface area contributed by atoms with Crippen molar-refractivity contribution in [2.45, 2.75) is 20.4 Å². The van der Waals surface area contributed by atoms with Crippen LogP contribution in [-0.4, -0.2) is 19.6 Å². The third kappa shape index (κ3) is 3.50. The molecule has 0 radical (unpaired) electrons. The van der Waals surface area contributed by atoms with E-state index in [1.54, 1.807) is 13.8 Å². The van der Waals surface area contributed by atoms with Crippen molar-refractivity contribution in [3.63, 3.8) is 0 Å². The summed E-state index contributed by atoms with van der Waals surface area (Å²) >= 11 is 0. The van der Waals surface area contributed by atoms with Gasteiger partial charge in [-0.3, -0.25) is 4.79 Å². The molecule has 0 amide bonds. The summed E-state index contributed by atoms with van der Waals surface area (Å²) in [6.07, 6.45) is 0. The fourth-order valence-electron chi connectivity index (χ4n) is 1.54. The summed E-state index contributed by atoms with van der Waals surface area (Å²) in [5, 5.41) is 2.92. The van der Waals surface area contributed by atoms with Gasteiger partial charge in [0.05, 0.1) is 12.5 Å². The number of benzene rings is 1. The number of carbonyl (C=O) groups excluding carboxylic acids is 1. The van der Waals surface area contributed by atoms with Crippen LogP contribution in [0.3, 0.4) is 0 Å². The maximum Gasteiger partial charge on any atom is 0.312 e. The van der Waals surface area contributed by atoms with Crippen molar-refractivity contribution >= 4 is 5.97 Å². The molecule has 0 unspecified atom stereocenters. The highest BCUT2D eigenvalue weighted by atomic mass is 19.2. The SMILES string of the molecule is COC(=O)C(C)(C)CNCc1cccc(F)c1F. The van der Waals surface area contributed by atoms with Crippen molar-refractivity contribution < 1.29 is 18.3 Å². The Kier molecular flexibility index (Phi) is 4.78. The van der Waals surface area contributed by atoms with Gasteiger partial charge in [-0.25, -0.2) is 8.78 Å². The van der Waals surface area contributed by atoms with Crippen molar-refractivity contribution in [3.05, 3.63) is 35.4 Å². The zero-order chi connectivity index (χ0) is 13.8. The summed E-state index contributed by atoms with van der Waals surface area (Å²) in [5.74, 6) is -2.09. The fourth-order valence-corrected chi connectivity index (χ4v) is 1.54. The predicted molar refractivity (Wildman–Crippen MR) is 63.9 cm³/mol. The molecule has 0 aliphatic rings. The summed E-state index contributed by atoms with van der Waals surface area (Å²) in [7, 11) is 1.32. The molecule has 0 saturated heterocycles. The highest BCUT2D eigenvalue weighted by molar-refractivity contribution is 5.76. The normalized spacial score (nSPS) is 11.4. The number of carbonyl (C=O) groups is 1. The van der Waals surface area contributed by atoms with Gasteiger partial charge in [-0.1, -0.05) is 12.1 Å². The van der Waals surface area contributed by atoms with E-state index in [4.69, 9.17) is 0 Å². The van der Waals surface area contributed by atoms with Crippen LogP contribution in [0.5, 0.6) is 0 Å². The van der Waals surface area contributed by atoms with E-state index < -0.39 is 17.0 Å². The van der Waals surface area contributed by atoms with Gasteiger partial charge in [-0.2, -0.15) is 0 Å². The summed E-state index contributed by atoms with van der Waals surface area (Å²) in [6, 6.07) is 4.01. The van der Waals surface area contributed by atoms with Crippen LogP contribution in [0.1, 0.15) is 19.4 Å². The van der Waals surface area contributed by atoms with Crippen LogP contribution in [0.25, 0.3) is 0 Å². The van der Waals surface area contributed by atoms with Crippen LogP contribution in [-0.2, 0) is 16.1 Å². The average Bonchev–Trinajstić information content (AvgIpc) is 2.33. The van der Waals surface area contributed by atoms with E-state index in [2.05, 4.69) is 10.1 Å². The topological polar surface area (TPSA) is 38.3 Å². The zero-order valence-corrected chi connectivity index (χ0v) is 10.7. The van der Waals surface area contributed by atoms with E-state index in [1.807, 2.05) is 0 Å². The molecule has 0 aliphatic heterocycles.